The first-order chi connectivity index (χ1) is 6.81. The van der Waals surface area contributed by atoms with Gasteiger partial charge in [0.25, 0.3) is 0 Å². The van der Waals surface area contributed by atoms with Gasteiger partial charge in [-0.15, -0.1) is 0 Å². The minimum atomic E-state index is 0.457. The molecule has 0 fully saturated rings. The summed E-state index contributed by atoms with van der Waals surface area (Å²) in [7, 11) is 4.92. The van der Waals surface area contributed by atoms with E-state index in [-0.39, 0.29) is 0 Å². The Hall–Kier alpha value is 0.130. The Morgan fingerprint density at radius 1 is 1.00 bits per heavy atom. The van der Waals surface area contributed by atoms with Gasteiger partial charge in [0, 0.05) is 0 Å². The first-order valence-electron chi connectivity index (χ1n) is 6.81. The van der Waals surface area contributed by atoms with Crippen LogP contribution in [0.25, 0.3) is 0 Å². The van der Waals surface area contributed by atoms with E-state index in [1.54, 1.807) is 0 Å². The molecular formula is C13H30B2. The molecule has 0 saturated heterocycles. The molecule has 88 valence electrons. The van der Waals surface area contributed by atoms with E-state index in [0.717, 1.165) is 5.92 Å². The van der Waals surface area contributed by atoms with Crippen molar-refractivity contribution < 1.29 is 0 Å². The standard InChI is InChI=1S/C13H30B2/c1-6-8-10-12(5,9-7-2)13(14,15)11(3)4/h11H,6-10,14-15H2,1-5H3. The summed E-state index contributed by atoms with van der Waals surface area (Å²) in [6.45, 7) is 11.9. The van der Waals surface area contributed by atoms with Gasteiger partial charge in [-0.25, -0.2) is 0 Å². The van der Waals surface area contributed by atoms with Gasteiger partial charge in [-0.1, -0.05) is 65.0 Å². The minimum Gasteiger partial charge on any atom is -0.0771 e. The molecule has 0 rings (SSSR count). The zero-order valence-corrected chi connectivity index (χ0v) is 12.1. The molecule has 0 bridgehead atoms. The maximum Gasteiger partial charge on any atom is 0.100 e. The summed E-state index contributed by atoms with van der Waals surface area (Å²) >= 11 is 0. The molecule has 0 aromatic rings. The molecule has 0 saturated carbocycles. The average Bonchev–Trinajstić information content (AvgIpc) is 2.14. The van der Waals surface area contributed by atoms with Crippen LogP contribution in [0.3, 0.4) is 0 Å². The molecule has 0 heterocycles. The van der Waals surface area contributed by atoms with Crippen molar-refractivity contribution >= 4 is 15.7 Å². The Kier molecular flexibility index (Phi) is 6.06. The van der Waals surface area contributed by atoms with Gasteiger partial charge in [0.1, 0.15) is 15.7 Å². The highest BCUT2D eigenvalue weighted by molar-refractivity contribution is 6.40. The summed E-state index contributed by atoms with van der Waals surface area (Å²) in [6.07, 6.45) is 6.79. The van der Waals surface area contributed by atoms with E-state index in [1.807, 2.05) is 0 Å². The van der Waals surface area contributed by atoms with E-state index >= 15 is 0 Å². The highest BCUT2D eigenvalue weighted by Gasteiger charge is 2.40. The Balaban J connectivity index is 4.74. The zero-order chi connectivity index (χ0) is 12.1. The van der Waals surface area contributed by atoms with Crippen molar-refractivity contribution in [2.45, 2.75) is 71.9 Å². The minimum absolute atomic E-state index is 0.457. The quantitative estimate of drug-likeness (QED) is 0.564. The van der Waals surface area contributed by atoms with Crippen LogP contribution in [0.5, 0.6) is 0 Å². The van der Waals surface area contributed by atoms with Crippen molar-refractivity contribution in [2.24, 2.45) is 11.3 Å². The van der Waals surface area contributed by atoms with Crippen LogP contribution in [0.1, 0.15) is 66.7 Å². The molecule has 0 aliphatic carbocycles. The van der Waals surface area contributed by atoms with E-state index in [2.05, 4.69) is 50.3 Å². The Bertz CT molecular complexity index is 175. The van der Waals surface area contributed by atoms with Gasteiger partial charge in [-0.2, -0.15) is 0 Å². The van der Waals surface area contributed by atoms with Crippen LogP contribution < -0.4 is 0 Å². The molecule has 0 aromatic heterocycles. The molecule has 0 spiro atoms. The van der Waals surface area contributed by atoms with Crippen LogP contribution in [0.4, 0.5) is 0 Å². The van der Waals surface area contributed by atoms with Gasteiger partial charge in [-0.3, -0.25) is 0 Å². The van der Waals surface area contributed by atoms with Crippen LogP contribution in [0, 0.1) is 11.3 Å². The monoisotopic (exact) mass is 208 g/mol. The van der Waals surface area contributed by atoms with Crippen molar-refractivity contribution in [1.82, 2.24) is 0 Å². The first kappa shape index (κ1) is 15.1. The first-order valence-corrected chi connectivity index (χ1v) is 6.81. The van der Waals surface area contributed by atoms with Crippen molar-refractivity contribution in [2.75, 3.05) is 0 Å². The molecule has 0 aliphatic heterocycles. The SMILES string of the molecule is BC(B)(C(C)C)C(C)(CCC)CCCC. The van der Waals surface area contributed by atoms with Crippen LogP contribution in [-0.2, 0) is 0 Å². The maximum absolute atomic E-state index is 2.51. The molecule has 0 aliphatic rings. The summed E-state index contributed by atoms with van der Waals surface area (Å²) in [6, 6.07) is 0. The van der Waals surface area contributed by atoms with E-state index in [1.165, 1.54) is 32.1 Å². The van der Waals surface area contributed by atoms with Crippen LogP contribution in [-0.4, -0.2) is 15.7 Å². The average molecular weight is 208 g/mol. The molecule has 1 unspecified atom stereocenters. The van der Waals surface area contributed by atoms with Gasteiger partial charge >= 0.3 is 0 Å². The highest BCUT2D eigenvalue weighted by Crippen LogP contribution is 2.52. The topological polar surface area (TPSA) is 0 Å². The van der Waals surface area contributed by atoms with Gasteiger partial charge in [0.15, 0.2) is 0 Å². The largest absolute Gasteiger partial charge is 0.100 e. The van der Waals surface area contributed by atoms with E-state index < -0.39 is 0 Å². The van der Waals surface area contributed by atoms with Crippen molar-refractivity contribution in [3.63, 3.8) is 0 Å². The molecule has 0 nitrogen and oxygen atoms in total. The second-order valence-electron chi connectivity index (χ2n) is 6.29. The molecule has 0 amide bonds. The number of hydrogen-bond donors (Lipinski definition) is 0. The van der Waals surface area contributed by atoms with Crippen molar-refractivity contribution in [3.8, 4) is 0 Å². The van der Waals surface area contributed by atoms with Gasteiger partial charge < -0.3 is 0 Å². The second kappa shape index (κ2) is 6.01. The van der Waals surface area contributed by atoms with Crippen LogP contribution in [0.2, 0.25) is 5.21 Å². The van der Waals surface area contributed by atoms with Gasteiger partial charge in [0.2, 0.25) is 0 Å². The van der Waals surface area contributed by atoms with Crippen molar-refractivity contribution in [3.05, 3.63) is 0 Å². The fourth-order valence-corrected chi connectivity index (χ4v) is 2.58. The van der Waals surface area contributed by atoms with Crippen LogP contribution in [0.15, 0.2) is 0 Å². The molecule has 0 radical (unpaired) electrons. The fourth-order valence-electron chi connectivity index (χ4n) is 2.58. The smallest absolute Gasteiger partial charge is 0.0771 e. The normalized spacial score (nSPS) is 16.7. The van der Waals surface area contributed by atoms with Gasteiger partial charge in [0.05, 0.1) is 0 Å². The predicted octanol–water partition coefficient (Wildman–Crippen LogP) is 3.02. The predicted molar refractivity (Wildman–Crippen MR) is 77.2 cm³/mol. The fraction of sp³-hybridized carbons (Fsp3) is 1.00. The molecule has 2 heteroatoms. The summed E-state index contributed by atoms with van der Waals surface area (Å²) in [5.74, 6) is 0.769. The second-order valence-corrected chi connectivity index (χ2v) is 6.29. The lowest BCUT2D eigenvalue weighted by Gasteiger charge is -2.48. The summed E-state index contributed by atoms with van der Waals surface area (Å²) in [5, 5.41) is 0.457. The Morgan fingerprint density at radius 2 is 1.53 bits per heavy atom. The van der Waals surface area contributed by atoms with E-state index in [4.69, 9.17) is 0 Å². The van der Waals surface area contributed by atoms with Crippen LogP contribution >= 0.6 is 0 Å². The molecule has 0 N–H and O–H groups in total. The lowest BCUT2D eigenvalue weighted by Crippen LogP contribution is -2.39. The molecule has 0 aromatic carbocycles. The Labute approximate surface area is 99.4 Å². The van der Waals surface area contributed by atoms with E-state index in [0.29, 0.717) is 10.6 Å². The Morgan fingerprint density at radius 3 is 1.87 bits per heavy atom. The number of hydrogen-bond acceptors (Lipinski definition) is 0. The maximum atomic E-state index is 2.51. The lowest BCUT2D eigenvalue weighted by molar-refractivity contribution is 0.182. The number of unbranched alkanes of at least 4 members (excludes halogenated alkanes) is 1. The molecular weight excluding hydrogens is 178 g/mol. The highest BCUT2D eigenvalue weighted by atomic mass is 14.4. The molecule has 1 atom stereocenters. The van der Waals surface area contributed by atoms with E-state index in [9.17, 15) is 0 Å². The number of rotatable bonds is 7. The zero-order valence-electron chi connectivity index (χ0n) is 12.1. The molecule has 15 heavy (non-hydrogen) atoms. The summed E-state index contributed by atoms with van der Waals surface area (Å²) in [4.78, 5) is 0. The third-order valence-corrected chi connectivity index (χ3v) is 4.88. The summed E-state index contributed by atoms with van der Waals surface area (Å²) < 4.78 is 0. The summed E-state index contributed by atoms with van der Waals surface area (Å²) in [5.41, 5.74) is 0.520. The van der Waals surface area contributed by atoms with Gasteiger partial charge in [-0.05, 0) is 18.3 Å². The van der Waals surface area contributed by atoms with Crippen molar-refractivity contribution in [1.29, 1.82) is 0 Å². The third kappa shape index (κ3) is 3.57. The lowest BCUT2D eigenvalue weighted by atomic mass is 9.37. The third-order valence-electron chi connectivity index (χ3n) is 4.88.